The highest BCUT2D eigenvalue weighted by Crippen LogP contribution is 2.24. The van der Waals surface area contributed by atoms with E-state index in [0.29, 0.717) is 0 Å². The van der Waals surface area contributed by atoms with Crippen LogP contribution in [0, 0.1) is 5.41 Å². The first-order chi connectivity index (χ1) is 9.67. The Labute approximate surface area is 121 Å². The first-order valence-corrected chi connectivity index (χ1v) is 7.26. The summed E-state index contributed by atoms with van der Waals surface area (Å²) in [6.45, 7) is 7.76. The zero-order chi connectivity index (χ0) is 14.4. The number of rotatable bonds is 5. The van der Waals surface area contributed by atoms with Crippen LogP contribution in [0.1, 0.15) is 25.0 Å². The highest BCUT2D eigenvalue weighted by molar-refractivity contribution is 5.79. The lowest BCUT2D eigenvalue weighted by molar-refractivity contribution is -0.0971. The molecule has 4 heteroatoms. The Bertz CT molecular complexity index is 467. The monoisotopic (exact) mass is 275 g/mol. The van der Waals surface area contributed by atoms with Gasteiger partial charge in [-0.1, -0.05) is 38.1 Å². The fraction of sp³-hybridized carbons (Fsp3) is 0.562. The second-order valence-electron chi connectivity index (χ2n) is 5.71. The van der Waals surface area contributed by atoms with Crippen LogP contribution in [0.3, 0.4) is 0 Å². The Morgan fingerprint density at radius 1 is 1.25 bits per heavy atom. The van der Waals surface area contributed by atoms with Crippen LogP contribution >= 0.6 is 0 Å². The van der Waals surface area contributed by atoms with E-state index in [2.05, 4.69) is 53.7 Å². The molecule has 0 saturated carbocycles. The number of ether oxygens (including phenoxy) is 1. The van der Waals surface area contributed by atoms with E-state index in [0.717, 1.165) is 38.7 Å². The van der Waals surface area contributed by atoms with Gasteiger partial charge in [0.15, 0.2) is 5.96 Å². The third kappa shape index (κ3) is 3.73. The maximum atomic E-state index is 5.26. The fourth-order valence-corrected chi connectivity index (χ4v) is 2.32. The van der Waals surface area contributed by atoms with E-state index in [9.17, 15) is 0 Å². The van der Waals surface area contributed by atoms with Crippen molar-refractivity contribution in [1.29, 1.82) is 0 Å². The minimum absolute atomic E-state index is 0.249. The van der Waals surface area contributed by atoms with Gasteiger partial charge in [0.05, 0.1) is 13.2 Å². The lowest BCUT2D eigenvalue weighted by atomic mass is 9.89. The standard InChI is InChI=1S/C16H25N3O/c1-4-13-7-5-6-8-14(13)9-18-15(17-3)19-10-16(2)11-20-12-16/h5-8H,4,9-12H2,1-3H3,(H2,17,18,19). The van der Waals surface area contributed by atoms with Gasteiger partial charge in [0.2, 0.25) is 0 Å². The second kappa shape index (κ2) is 6.75. The zero-order valence-corrected chi connectivity index (χ0v) is 12.7. The average Bonchev–Trinajstić information content (AvgIpc) is 2.45. The molecule has 1 saturated heterocycles. The largest absolute Gasteiger partial charge is 0.380 e. The number of hydrogen-bond donors (Lipinski definition) is 2. The van der Waals surface area contributed by atoms with Crippen molar-refractivity contribution in [2.45, 2.75) is 26.8 Å². The van der Waals surface area contributed by atoms with Crippen LogP contribution in [0.5, 0.6) is 0 Å². The van der Waals surface area contributed by atoms with Gasteiger partial charge in [0.1, 0.15) is 0 Å². The molecular weight excluding hydrogens is 250 g/mol. The number of nitrogens with zero attached hydrogens (tertiary/aromatic N) is 1. The average molecular weight is 275 g/mol. The third-order valence-electron chi connectivity index (χ3n) is 3.75. The summed E-state index contributed by atoms with van der Waals surface area (Å²) in [4.78, 5) is 4.27. The Morgan fingerprint density at radius 2 is 1.95 bits per heavy atom. The molecule has 0 aromatic heterocycles. The number of hydrogen-bond acceptors (Lipinski definition) is 2. The van der Waals surface area contributed by atoms with E-state index in [1.54, 1.807) is 7.05 Å². The highest BCUT2D eigenvalue weighted by atomic mass is 16.5. The van der Waals surface area contributed by atoms with Crippen molar-refractivity contribution in [2.75, 3.05) is 26.8 Å². The van der Waals surface area contributed by atoms with Crippen LogP contribution in [0.2, 0.25) is 0 Å². The molecule has 0 radical (unpaired) electrons. The minimum Gasteiger partial charge on any atom is -0.380 e. The molecule has 1 heterocycles. The van der Waals surface area contributed by atoms with Gasteiger partial charge in [-0.2, -0.15) is 0 Å². The molecule has 4 nitrogen and oxygen atoms in total. The summed E-state index contributed by atoms with van der Waals surface area (Å²) in [6.07, 6.45) is 1.05. The van der Waals surface area contributed by atoms with Crippen LogP contribution in [0.4, 0.5) is 0 Å². The van der Waals surface area contributed by atoms with Crippen LogP contribution in [0.15, 0.2) is 29.3 Å². The molecule has 1 aromatic carbocycles. The number of nitrogens with one attached hydrogen (secondary N) is 2. The maximum Gasteiger partial charge on any atom is 0.191 e. The Hall–Kier alpha value is -1.55. The highest BCUT2D eigenvalue weighted by Gasteiger charge is 2.33. The summed E-state index contributed by atoms with van der Waals surface area (Å²) < 4.78 is 5.26. The predicted molar refractivity (Wildman–Crippen MR) is 82.9 cm³/mol. The Kier molecular flexibility index (Phi) is 5.01. The third-order valence-corrected chi connectivity index (χ3v) is 3.75. The lowest BCUT2D eigenvalue weighted by Crippen LogP contribution is -2.50. The topological polar surface area (TPSA) is 45.7 Å². The van der Waals surface area contributed by atoms with Gasteiger partial charge >= 0.3 is 0 Å². The van der Waals surface area contributed by atoms with Crippen molar-refractivity contribution in [2.24, 2.45) is 10.4 Å². The number of aryl methyl sites for hydroxylation is 1. The van der Waals surface area contributed by atoms with E-state index >= 15 is 0 Å². The molecule has 2 N–H and O–H groups in total. The molecule has 0 atom stereocenters. The van der Waals surface area contributed by atoms with Gasteiger partial charge in [-0.25, -0.2) is 0 Å². The molecule has 0 amide bonds. The van der Waals surface area contributed by atoms with E-state index in [-0.39, 0.29) is 5.41 Å². The summed E-state index contributed by atoms with van der Waals surface area (Å²) in [5, 5.41) is 6.76. The van der Waals surface area contributed by atoms with E-state index in [1.807, 2.05) is 0 Å². The van der Waals surface area contributed by atoms with Crippen LogP contribution in [0.25, 0.3) is 0 Å². The summed E-state index contributed by atoms with van der Waals surface area (Å²) >= 11 is 0. The van der Waals surface area contributed by atoms with E-state index in [4.69, 9.17) is 4.74 Å². The molecule has 0 bridgehead atoms. The quantitative estimate of drug-likeness (QED) is 0.638. The van der Waals surface area contributed by atoms with Gasteiger partial charge in [-0.15, -0.1) is 0 Å². The molecule has 0 spiro atoms. The lowest BCUT2D eigenvalue weighted by Gasteiger charge is -2.38. The van der Waals surface area contributed by atoms with Crippen molar-refractivity contribution in [1.82, 2.24) is 10.6 Å². The summed E-state index contributed by atoms with van der Waals surface area (Å²) in [5.74, 6) is 0.851. The Balaban J connectivity index is 1.84. The molecule has 1 fully saturated rings. The number of aliphatic imine (C=N–C) groups is 1. The fourth-order valence-electron chi connectivity index (χ4n) is 2.32. The first-order valence-electron chi connectivity index (χ1n) is 7.26. The van der Waals surface area contributed by atoms with Gasteiger partial charge in [0, 0.05) is 25.6 Å². The van der Waals surface area contributed by atoms with Crippen molar-refractivity contribution in [3.63, 3.8) is 0 Å². The molecule has 110 valence electrons. The molecule has 0 unspecified atom stereocenters. The Morgan fingerprint density at radius 3 is 2.50 bits per heavy atom. The van der Waals surface area contributed by atoms with Crippen molar-refractivity contribution < 1.29 is 4.74 Å². The van der Waals surface area contributed by atoms with Gasteiger partial charge in [-0.3, -0.25) is 4.99 Å². The summed E-state index contributed by atoms with van der Waals surface area (Å²) in [7, 11) is 1.81. The van der Waals surface area contributed by atoms with E-state index in [1.165, 1.54) is 11.1 Å². The van der Waals surface area contributed by atoms with Crippen LogP contribution in [-0.4, -0.2) is 32.8 Å². The van der Waals surface area contributed by atoms with Crippen LogP contribution in [-0.2, 0) is 17.7 Å². The maximum absolute atomic E-state index is 5.26. The van der Waals surface area contributed by atoms with Gasteiger partial charge in [0.25, 0.3) is 0 Å². The van der Waals surface area contributed by atoms with Crippen molar-refractivity contribution >= 4 is 5.96 Å². The minimum atomic E-state index is 0.249. The molecule has 2 rings (SSSR count). The van der Waals surface area contributed by atoms with Crippen molar-refractivity contribution in [3.05, 3.63) is 35.4 Å². The first kappa shape index (κ1) is 14.9. The van der Waals surface area contributed by atoms with Crippen molar-refractivity contribution in [3.8, 4) is 0 Å². The van der Waals surface area contributed by atoms with E-state index < -0.39 is 0 Å². The van der Waals surface area contributed by atoms with Gasteiger partial charge < -0.3 is 15.4 Å². The molecule has 1 aliphatic rings. The smallest absolute Gasteiger partial charge is 0.191 e. The normalized spacial score (nSPS) is 17.4. The van der Waals surface area contributed by atoms with Crippen LogP contribution < -0.4 is 10.6 Å². The molecule has 20 heavy (non-hydrogen) atoms. The second-order valence-corrected chi connectivity index (χ2v) is 5.71. The summed E-state index contributed by atoms with van der Waals surface area (Å²) in [5.41, 5.74) is 2.96. The predicted octanol–water partition coefficient (Wildman–Crippen LogP) is 1.95. The summed E-state index contributed by atoms with van der Waals surface area (Å²) in [6, 6.07) is 8.52. The number of benzene rings is 1. The van der Waals surface area contributed by atoms with Gasteiger partial charge in [-0.05, 0) is 17.5 Å². The zero-order valence-electron chi connectivity index (χ0n) is 12.7. The molecule has 1 aliphatic heterocycles. The number of guanidine groups is 1. The molecule has 1 aromatic rings. The molecular formula is C16H25N3O. The molecule has 0 aliphatic carbocycles. The SMILES string of the molecule is CCc1ccccc1CNC(=NC)NCC1(C)COC1.